The molecule has 0 bridgehead atoms. The molecule has 1 aliphatic heterocycles. The number of carbonyl (C=O) groups is 1. The molecule has 1 amide bonds. The van der Waals surface area contributed by atoms with E-state index in [9.17, 15) is 4.79 Å². The van der Waals surface area contributed by atoms with Gasteiger partial charge in [-0.3, -0.25) is 9.89 Å². The number of methoxy groups -OCH3 is 1. The molecule has 2 heterocycles. The van der Waals surface area contributed by atoms with Gasteiger partial charge < -0.3 is 9.64 Å². The van der Waals surface area contributed by atoms with E-state index in [2.05, 4.69) is 16.3 Å². The number of H-pyrrole nitrogens is 1. The molecule has 1 N–H and O–H groups in total. The molecule has 6 heteroatoms. The van der Waals surface area contributed by atoms with E-state index in [4.69, 9.17) is 10.00 Å². The maximum atomic E-state index is 12.9. The minimum Gasteiger partial charge on any atom is -0.493 e. The lowest BCUT2D eigenvalue weighted by atomic mass is 9.90. The summed E-state index contributed by atoms with van der Waals surface area (Å²) in [5, 5.41) is 15.9. The Kier molecular flexibility index (Phi) is 4.58. The normalized spacial score (nSPS) is 13.7. The molecule has 0 unspecified atom stereocenters. The van der Waals surface area contributed by atoms with Crippen molar-refractivity contribution < 1.29 is 9.53 Å². The van der Waals surface area contributed by atoms with Gasteiger partial charge in [-0.2, -0.15) is 10.4 Å². The minimum absolute atomic E-state index is 0.0182. The van der Waals surface area contributed by atoms with Crippen molar-refractivity contribution in [2.24, 2.45) is 0 Å². The van der Waals surface area contributed by atoms with Gasteiger partial charge >= 0.3 is 0 Å². The van der Waals surface area contributed by atoms with Crippen LogP contribution in [0.5, 0.6) is 5.75 Å². The zero-order chi connectivity index (χ0) is 19.7. The van der Waals surface area contributed by atoms with Gasteiger partial charge in [-0.05, 0) is 42.3 Å². The van der Waals surface area contributed by atoms with Crippen LogP contribution in [-0.2, 0) is 0 Å². The third-order valence-electron chi connectivity index (χ3n) is 5.26. The Labute approximate surface area is 163 Å². The van der Waals surface area contributed by atoms with Gasteiger partial charge in [0.15, 0.2) is 5.75 Å². The van der Waals surface area contributed by atoms with E-state index >= 15 is 0 Å². The quantitative estimate of drug-likeness (QED) is 0.760. The number of nitriles is 1. The molecule has 140 valence electrons. The van der Waals surface area contributed by atoms with Crippen LogP contribution in [0.4, 0.5) is 0 Å². The van der Waals surface area contributed by atoms with Crippen LogP contribution in [0.2, 0.25) is 0 Å². The van der Waals surface area contributed by atoms with E-state index in [-0.39, 0.29) is 5.91 Å². The fourth-order valence-electron chi connectivity index (χ4n) is 3.51. The second-order valence-corrected chi connectivity index (χ2v) is 6.98. The van der Waals surface area contributed by atoms with Gasteiger partial charge in [0.1, 0.15) is 5.69 Å². The van der Waals surface area contributed by atoms with Crippen LogP contribution in [0.25, 0.3) is 11.3 Å². The molecule has 2 aromatic carbocycles. The summed E-state index contributed by atoms with van der Waals surface area (Å²) in [4.78, 5) is 14.8. The fraction of sp³-hybridized carbons (Fsp3) is 0.227. The highest BCUT2D eigenvalue weighted by Crippen LogP contribution is 2.32. The van der Waals surface area contributed by atoms with Crippen molar-refractivity contribution in [3.05, 3.63) is 70.9 Å². The molecule has 1 aliphatic rings. The minimum atomic E-state index is 0.0182. The fourth-order valence-corrected chi connectivity index (χ4v) is 3.51. The van der Waals surface area contributed by atoms with Crippen molar-refractivity contribution in [1.29, 1.82) is 5.26 Å². The molecule has 0 saturated carbocycles. The summed E-state index contributed by atoms with van der Waals surface area (Å²) < 4.78 is 5.35. The van der Waals surface area contributed by atoms with E-state index in [1.165, 1.54) is 0 Å². The molecule has 0 radical (unpaired) electrons. The Balaban J connectivity index is 1.50. The highest BCUT2D eigenvalue weighted by molar-refractivity contribution is 5.96. The maximum Gasteiger partial charge on any atom is 0.253 e. The predicted octanol–water partition coefficient (Wildman–Crippen LogP) is 3.51. The van der Waals surface area contributed by atoms with E-state index in [1.807, 2.05) is 54.3 Å². The van der Waals surface area contributed by atoms with Crippen LogP contribution < -0.4 is 4.74 Å². The molecule has 0 aliphatic carbocycles. The zero-order valence-corrected chi connectivity index (χ0v) is 15.8. The van der Waals surface area contributed by atoms with Crippen LogP contribution >= 0.6 is 0 Å². The molecule has 4 rings (SSSR count). The average Bonchev–Trinajstić information content (AvgIpc) is 3.16. The number of benzene rings is 2. The molecule has 1 aromatic heterocycles. The maximum absolute atomic E-state index is 12.9. The van der Waals surface area contributed by atoms with E-state index < -0.39 is 0 Å². The number of hydrogen-bond donors (Lipinski definition) is 1. The number of hydrogen-bond acceptors (Lipinski definition) is 4. The Morgan fingerprint density at radius 2 is 2.00 bits per heavy atom. The topological polar surface area (TPSA) is 82.0 Å². The molecule has 6 nitrogen and oxygen atoms in total. The van der Waals surface area contributed by atoms with Crippen molar-refractivity contribution in [3.8, 4) is 23.1 Å². The van der Waals surface area contributed by atoms with E-state index in [0.717, 1.165) is 22.4 Å². The van der Waals surface area contributed by atoms with Crippen molar-refractivity contribution in [2.45, 2.75) is 12.8 Å². The predicted molar refractivity (Wildman–Crippen MR) is 105 cm³/mol. The van der Waals surface area contributed by atoms with Crippen molar-refractivity contribution in [1.82, 2.24) is 15.1 Å². The number of nitrogens with one attached hydrogen (secondary N) is 1. The summed E-state index contributed by atoms with van der Waals surface area (Å²) in [5.41, 5.74) is 5.18. The number of aromatic amines is 1. The number of likely N-dealkylation sites (tertiary alicyclic amines) is 1. The molecule has 0 spiro atoms. The summed E-state index contributed by atoms with van der Waals surface area (Å²) in [5.74, 6) is 0.983. The van der Waals surface area contributed by atoms with Gasteiger partial charge in [0.25, 0.3) is 5.91 Å². The van der Waals surface area contributed by atoms with Gasteiger partial charge in [0.05, 0.1) is 24.9 Å². The summed E-state index contributed by atoms with van der Waals surface area (Å²) in [6.07, 6.45) is 1.63. The Morgan fingerprint density at radius 1 is 1.25 bits per heavy atom. The Hall–Kier alpha value is -3.59. The lowest BCUT2D eigenvalue weighted by molar-refractivity contribution is 0.0602. The molecule has 1 saturated heterocycles. The van der Waals surface area contributed by atoms with Gasteiger partial charge in [-0.1, -0.05) is 18.2 Å². The third kappa shape index (κ3) is 3.12. The molecule has 1 fully saturated rings. The van der Waals surface area contributed by atoms with Crippen LogP contribution in [-0.4, -0.2) is 41.2 Å². The van der Waals surface area contributed by atoms with Gasteiger partial charge in [-0.25, -0.2) is 0 Å². The van der Waals surface area contributed by atoms with Gasteiger partial charge in [0, 0.05) is 30.1 Å². The smallest absolute Gasteiger partial charge is 0.253 e. The summed E-state index contributed by atoms with van der Waals surface area (Å²) in [6.45, 7) is 3.36. The second kappa shape index (κ2) is 7.20. The van der Waals surface area contributed by atoms with Gasteiger partial charge in [-0.15, -0.1) is 0 Å². The van der Waals surface area contributed by atoms with Crippen molar-refractivity contribution in [3.63, 3.8) is 0 Å². The van der Waals surface area contributed by atoms with Crippen LogP contribution in [0.1, 0.15) is 33.0 Å². The average molecular weight is 372 g/mol. The summed E-state index contributed by atoms with van der Waals surface area (Å²) in [7, 11) is 1.60. The highest BCUT2D eigenvalue weighted by Gasteiger charge is 2.32. The summed E-state index contributed by atoms with van der Waals surface area (Å²) >= 11 is 0. The van der Waals surface area contributed by atoms with Gasteiger partial charge in [0.2, 0.25) is 0 Å². The SMILES string of the molecule is COc1cn[nH]c1-c1cc(C(=O)N2CC(c3ccc(C#N)cc3)C2)ccc1C. The standard InChI is InChI=1S/C22H20N4O2/c1-14-3-6-17(9-19(14)21-20(28-2)11-24-25-21)22(27)26-12-18(13-26)16-7-4-15(10-23)5-8-16/h3-9,11,18H,12-13H2,1-2H3,(H,24,25). The Bertz CT molecular complexity index is 1060. The monoisotopic (exact) mass is 372 g/mol. The number of rotatable bonds is 4. The number of carbonyl (C=O) groups excluding carboxylic acids is 1. The molecular weight excluding hydrogens is 352 g/mol. The lowest BCUT2D eigenvalue weighted by Crippen LogP contribution is -2.48. The largest absolute Gasteiger partial charge is 0.493 e. The lowest BCUT2D eigenvalue weighted by Gasteiger charge is -2.39. The van der Waals surface area contributed by atoms with E-state index in [1.54, 1.807) is 13.3 Å². The second-order valence-electron chi connectivity index (χ2n) is 6.98. The number of ether oxygens (including phenoxy) is 1. The number of aryl methyl sites for hydroxylation is 1. The molecule has 28 heavy (non-hydrogen) atoms. The first-order valence-electron chi connectivity index (χ1n) is 9.08. The Morgan fingerprint density at radius 3 is 2.68 bits per heavy atom. The first-order valence-corrected chi connectivity index (χ1v) is 9.08. The number of aromatic nitrogens is 2. The summed E-state index contributed by atoms with van der Waals surface area (Å²) in [6, 6.07) is 15.4. The van der Waals surface area contributed by atoms with Crippen molar-refractivity contribution in [2.75, 3.05) is 20.2 Å². The zero-order valence-electron chi connectivity index (χ0n) is 15.8. The molecule has 3 aromatic rings. The highest BCUT2D eigenvalue weighted by atomic mass is 16.5. The molecule has 0 atom stereocenters. The third-order valence-corrected chi connectivity index (χ3v) is 5.26. The van der Waals surface area contributed by atoms with Crippen LogP contribution in [0.3, 0.4) is 0 Å². The van der Waals surface area contributed by atoms with E-state index in [0.29, 0.717) is 35.9 Å². The molecular formula is C22H20N4O2. The number of amides is 1. The number of nitrogens with zero attached hydrogens (tertiary/aromatic N) is 3. The van der Waals surface area contributed by atoms with Crippen LogP contribution in [0, 0.1) is 18.3 Å². The first-order chi connectivity index (χ1) is 13.6. The first kappa shape index (κ1) is 17.8. The van der Waals surface area contributed by atoms with Crippen LogP contribution in [0.15, 0.2) is 48.7 Å². The van der Waals surface area contributed by atoms with Crippen molar-refractivity contribution >= 4 is 5.91 Å².